The van der Waals surface area contributed by atoms with Crippen molar-refractivity contribution in [2.75, 3.05) is 17.4 Å². The van der Waals surface area contributed by atoms with Gasteiger partial charge in [-0.05, 0) is 47.7 Å². The molecule has 3 aromatic rings. The fourth-order valence-corrected chi connectivity index (χ4v) is 7.13. The van der Waals surface area contributed by atoms with Crippen LogP contribution in [0.3, 0.4) is 0 Å². The van der Waals surface area contributed by atoms with E-state index in [1.165, 1.54) is 5.56 Å². The second-order valence-corrected chi connectivity index (χ2v) is 10.3. The number of hydrogen-bond donors (Lipinski definition) is 0. The molecule has 2 aliphatic heterocycles. The monoisotopic (exact) mass is 419 g/mol. The standard InChI is InChI=1S/C24H25N3O2S/c28-30(29)24(12-16-26(17-13-24)18-21-10-14-25-15-11-21)22-8-4-5-9-23(22)27(30)19-20-6-2-1-3-7-20/h1-11,14-15H,12-13,16-19H2. The van der Waals surface area contributed by atoms with Gasteiger partial charge in [-0.3, -0.25) is 14.2 Å². The number of piperidine rings is 1. The van der Waals surface area contributed by atoms with Crippen LogP contribution in [0.1, 0.15) is 29.5 Å². The fraction of sp³-hybridized carbons (Fsp3) is 0.292. The largest absolute Gasteiger partial charge is 0.299 e. The van der Waals surface area contributed by atoms with Gasteiger partial charge in [0.05, 0.1) is 12.2 Å². The molecule has 2 aromatic carbocycles. The molecule has 1 aromatic heterocycles. The average molecular weight is 420 g/mol. The second kappa shape index (κ2) is 7.52. The van der Waals surface area contributed by atoms with Crippen molar-refractivity contribution >= 4 is 15.7 Å². The third-order valence-corrected chi connectivity index (χ3v) is 8.96. The van der Waals surface area contributed by atoms with Crippen molar-refractivity contribution in [3.05, 3.63) is 95.8 Å². The van der Waals surface area contributed by atoms with Gasteiger partial charge in [0.25, 0.3) is 0 Å². The summed E-state index contributed by atoms with van der Waals surface area (Å²) in [6, 6.07) is 21.7. The molecule has 1 spiro atoms. The lowest BCUT2D eigenvalue weighted by molar-refractivity contribution is 0.189. The highest BCUT2D eigenvalue weighted by Gasteiger charge is 2.56. The van der Waals surface area contributed by atoms with Gasteiger partial charge in [0.1, 0.15) is 4.75 Å². The summed E-state index contributed by atoms with van der Waals surface area (Å²) in [5, 5.41) is 0. The van der Waals surface area contributed by atoms with Gasteiger partial charge < -0.3 is 0 Å². The van der Waals surface area contributed by atoms with E-state index in [2.05, 4.69) is 9.88 Å². The van der Waals surface area contributed by atoms with Crippen molar-refractivity contribution < 1.29 is 8.42 Å². The normalized spacial score (nSPS) is 19.7. The number of sulfonamides is 1. The van der Waals surface area contributed by atoms with Crippen LogP contribution in [0.4, 0.5) is 5.69 Å². The summed E-state index contributed by atoms with van der Waals surface area (Å²) in [6.45, 7) is 2.72. The zero-order valence-corrected chi connectivity index (χ0v) is 17.6. The summed E-state index contributed by atoms with van der Waals surface area (Å²) in [5.74, 6) is 0. The number of para-hydroxylation sites is 1. The molecule has 0 unspecified atom stereocenters. The third-order valence-electron chi connectivity index (χ3n) is 6.44. The Labute approximate surface area is 178 Å². The fourth-order valence-electron chi connectivity index (χ4n) is 4.82. The SMILES string of the molecule is O=S1(=O)N(Cc2ccccc2)c2ccccc2C12CCN(Cc1ccncc1)CC2. The van der Waals surface area contributed by atoms with Crippen molar-refractivity contribution in [1.82, 2.24) is 9.88 Å². The van der Waals surface area contributed by atoms with E-state index >= 15 is 0 Å². The number of aromatic nitrogens is 1. The minimum Gasteiger partial charge on any atom is -0.299 e. The molecular weight excluding hydrogens is 394 g/mol. The van der Waals surface area contributed by atoms with E-state index in [-0.39, 0.29) is 0 Å². The molecule has 5 nitrogen and oxygen atoms in total. The lowest BCUT2D eigenvalue weighted by atomic mass is 9.87. The quantitative estimate of drug-likeness (QED) is 0.643. The number of benzene rings is 2. The molecule has 0 aliphatic carbocycles. The molecule has 0 radical (unpaired) electrons. The van der Waals surface area contributed by atoms with Crippen molar-refractivity contribution in [2.45, 2.75) is 30.7 Å². The minimum absolute atomic E-state index is 0.378. The number of hydrogen-bond acceptors (Lipinski definition) is 4. The second-order valence-electron chi connectivity index (χ2n) is 8.14. The van der Waals surface area contributed by atoms with Crippen molar-refractivity contribution in [3.8, 4) is 0 Å². The Balaban J connectivity index is 1.44. The molecule has 6 heteroatoms. The molecule has 0 saturated carbocycles. The van der Waals surface area contributed by atoms with Crippen LogP contribution in [0.15, 0.2) is 79.1 Å². The Morgan fingerprint density at radius 1 is 0.800 bits per heavy atom. The summed E-state index contributed by atoms with van der Waals surface area (Å²) in [4.78, 5) is 6.43. The third kappa shape index (κ3) is 3.11. The summed E-state index contributed by atoms with van der Waals surface area (Å²) in [5.41, 5.74) is 4.01. The van der Waals surface area contributed by atoms with Crippen LogP contribution < -0.4 is 4.31 Å². The Hall–Kier alpha value is -2.70. The van der Waals surface area contributed by atoms with E-state index in [0.29, 0.717) is 19.4 Å². The van der Waals surface area contributed by atoms with Gasteiger partial charge in [0.15, 0.2) is 0 Å². The predicted octanol–water partition coefficient (Wildman–Crippen LogP) is 3.92. The summed E-state index contributed by atoms with van der Waals surface area (Å²) in [7, 11) is -3.51. The molecule has 0 bridgehead atoms. The Bertz CT molecular complexity index is 1130. The Kier molecular flexibility index (Phi) is 4.83. The number of anilines is 1. The molecule has 154 valence electrons. The van der Waals surface area contributed by atoms with Crippen LogP contribution in [0, 0.1) is 0 Å². The molecule has 5 rings (SSSR count). The van der Waals surface area contributed by atoms with Crippen molar-refractivity contribution in [1.29, 1.82) is 0 Å². The van der Waals surface area contributed by atoms with Gasteiger partial charge in [0, 0.05) is 32.0 Å². The van der Waals surface area contributed by atoms with E-state index in [1.807, 2.05) is 66.7 Å². The molecule has 30 heavy (non-hydrogen) atoms. The van der Waals surface area contributed by atoms with Crippen LogP contribution in [0.25, 0.3) is 0 Å². The lowest BCUT2D eigenvalue weighted by Crippen LogP contribution is -2.48. The summed E-state index contributed by atoms with van der Waals surface area (Å²) < 4.78 is 28.6. The molecule has 3 heterocycles. The highest BCUT2D eigenvalue weighted by Crippen LogP contribution is 2.53. The lowest BCUT2D eigenvalue weighted by Gasteiger charge is -2.39. The first-order chi connectivity index (χ1) is 14.6. The zero-order valence-electron chi connectivity index (χ0n) is 16.8. The van der Waals surface area contributed by atoms with E-state index in [4.69, 9.17) is 0 Å². The van der Waals surface area contributed by atoms with E-state index in [9.17, 15) is 8.42 Å². The first-order valence-corrected chi connectivity index (χ1v) is 11.8. The minimum atomic E-state index is -3.51. The molecule has 0 atom stereocenters. The Morgan fingerprint density at radius 2 is 1.43 bits per heavy atom. The van der Waals surface area contributed by atoms with Gasteiger partial charge >= 0.3 is 0 Å². The van der Waals surface area contributed by atoms with Gasteiger partial charge in [-0.15, -0.1) is 0 Å². The molecule has 0 amide bonds. The molecule has 1 fully saturated rings. The van der Waals surface area contributed by atoms with Gasteiger partial charge in [-0.25, -0.2) is 8.42 Å². The van der Waals surface area contributed by atoms with Crippen LogP contribution in [-0.4, -0.2) is 31.4 Å². The molecule has 2 aliphatic rings. The number of fused-ring (bicyclic) bond motifs is 2. The zero-order chi connectivity index (χ0) is 20.6. The maximum absolute atomic E-state index is 13.9. The number of pyridine rings is 1. The van der Waals surface area contributed by atoms with Crippen molar-refractivity contribution in [2.24, 2.45) is 0 Å². The first kappa shape index (κ1) is 19.3. The van der Waals surface area contributed by atoms with Crippen molar-refractivity contribution in [3.63, 3.8) is 0 Å². The molecule has 1 saturated heterocycles. The average Bonchev–Trinajstić information content (AvgIpc) is 2.96. The number of rotatable bonds is 4. The van der Waals surface area contributed by atoms with Crippen LogP contribution in [-0.2, 0) is 27.9 Å². The van der Waals surface area contributed by atoms with Gasteiger partial charge in [-0.1, -0.05) is 48.5 Å². The van der Waals surface area contributed by atoms with Gasteiger partial charge in [-0.2, -0.15) is 0 Å². The predicted molar refractivity (Wildman–Crippen MR) is 118 cm³/mol. The smallest absolute Gasteiger partial charge is 0.245 e. The van der Waals surface area contributed by atoms with E-state index < -0.39 is 14.8 Å². The first-order valence-electron chi connectivity index (χ1n) is 10.4. The molecular formula is C24H25N3O2S. The highest BCUT2D eigenvalue weighted by atomic mass is 32.2. The highest BCUT2D eigenvalue weighted by molar-refractivity contribution is 7.94. The molecule has 0 N–H and O–H groups in total. The topological polar surface area (TPSA) is 53.5 Å². The van der Waals surface area contributed by atoms with Crippen LogP contribution in [0.2, 0.25) is 0 Å². The number of nitrogens with zero attached hydrogens (tertiary/aromatic N) is 3. The van der Waals surface area contributed by atoms with Crippen LogP contribution >= 0.6 is 0 Å². The van der Waals surface area contributed by atoms with E-state index in [1.54, 1.807) is 16.7 Å². The maximum atomic E-state index is 13.9. The van der Waals surface area contributed by atoms with Gasteiger partial charge in [0.2, 0.25) is 10.0 Å². The summed E-state index contributed by atoms with van der Waals surface area (Å²) >= 11 is 0. The Morgan fingerprint density at radius 3 is 2.17 bits per heavy atom. The number of likely N-dealkylation sites (tertiary alicyclic amines) is 1. The van der Waals surface area contributed by atoms with Crippen LogP contribution in [0.5, 0.6) is 0 Å². The van der Waals surface area contributed by atoms with E-state index in [0.717, 1.165) is 36.4 Å². The maximum Gasteiger partial charge on any atom is 0.245 e. The summed E-state index contributed by atoms with van der Waals surface area (Å²) in [6.07, 6.45) is 4.84.